The van der Waals surface area contributed by atoms with Crippen LogP contribution < -0.4 is 10.0 Å². The molecule has 1 fully saturated rings. The maximum atomic E-state index is 12.1. The van der Waals surface area contributed by atoms with Gasteiger partial charge in [-0.05, 0) is 26.7 Å². The minimum Gasteiger partial charge on any atom is -0.353 e. The van der Waals surface area contributed by atoms with Gasteiger partial charge in [0, 0.05) is 19.1 Å². The molecule has 1 amide bonds. The zero-order valence-corrected chi connectivity index (χ0v) is 12.8. The molecule has 0 bridgehead atoms. The van der Waals surface area contributed by atoms with E-state index in [1.165, 1.54) is 10.7 Å². The Morgan fingerprint density at radius 1 is 1.26 bits per heavy atom. The van der Waals surface area contributed by atoms with Crippen molar-refractivity contribution in [3.05, 3.63) is 0 Å². The van der Waals surface area contributed by atoms with Crippen LogP contribution in [0.4, 0.5) is 0 Å². The summed E-state index contributed by atoms with van der Waals surface area (Å²) in [6.45, 7) is 3.46. The van der Waals surface area contributed by atoms with Crippen LogP contribution in [0.5, 0.6) is 0 Å². The molecular weight excluding hydrogens is 266 g/mol. The van der Waals surface area contributed by atoms with Crippen molar-refractivity contribution in [2.24, 2.45) is 0 Å². The molecule has 19 heavy (non-hydrogen) atoms. The van der Waals surface area contributed by atoms with Crippen molar-refractivity contribution in [3.63, 3.8) is 0 Å². The Labute approximate surface area is 116 Å². The van der Waals surface area contributed by atoms with E-state index in [-0.39, 0.29) is 24.5 Å². The Balaban J connectivity index is 2.48. The first-order valence-corrected chi connectivity index (χ1v) is 8.29. The van der Waals surface area contributed by atoms with E-state index in [4.69, 9.17) is 0 Å². The summed E-state index contributed by atoms with van der Waals surface area (Å²) in [7, 11) is -1.99. The number of carbonyl (C=O) groups is 1. The molecule has 0 aliphatic heterocycles. The number of rotatable bonds is 6. The molecule has 0 aromatic rings. The van der Waals surface area contributed by atoms with Crippen molar-refractivity contribution in [2.75, 3.05) is 13.6 Å². The zero-order valence-electron chi connectivity index (χ0n) is 12.0. The van der Waals surface area contributed by atoms with Gasteiger partial charge in [-0.25, -0.2) is 0 Å². The molecule has 0 unspecified atom stereocenters. The largest absolute Gasteiger partial charge is 0.353 e. The van der Waals surface area contributed by atoms with Crippen LogP contribution in [0.3, 0.4) is 0 Å². The maximum Gasteiger partial charge on any atom is 0.279 e. The molecule has 1 rings (SSSR count). The van der Waals surface area contributed by atoms with Crippen LogP contribution in [-0.4, -0.2) is 44.3 Å². The van der Waals surface area contributed by atoms with Gasteiger partial charge in [0.05, 0.1) is 6.54 Å². The molecule has 0 radical (unpaired) electrons. The van der Waals surface area contributed by atoms with Gasteiger partial charge in [-0.3, -0.25) is 4.79 Å². The third kappa shape index (κ3) is 5.46. The van der Waals surface area contributed by atoms with Gasteiger partial charge >= 0.3 is 0 Å². The molecule has 0 aromatic carbocycles. The highest BCUT2D eigenvalue weighted by Gasteiger charge is 2.27. The van der Waals surface area contributed by atoms with Gasteiger partial charge in [0.2, 0.25) is 5.91 Å². The molecule has 0 spiro atoms. The van der Waals surface area contributed by atoms with Crippen LogP contribution in [-0.2, 0) is 15.0 Å². The smallest absolute Gasteiger partial charge is 0.279 e. The summed E-state index contributed by atoms with van der Waals surface area (Å²) >= 11 is 0. The van der Waals surface area contributed by atoms with Crippen LogP contribution >= 0.6 is 0 Å². The monoisotopic (exact) mass is 291 g/mol. The first-order chi connectivity index (χ1) is 8.83. The standard InChI is InChI=1S/C12H25N3O3S/c1-10(2)14-12(16)9-13-19(17,18)15(3)11-7-5-4-6-8-11/h10-11,13H,4-9H2,1-3H3,(H,14,16). The summed E-state index contributed by atoms with van der Waals surface area (Å²) in [6, 6.07) is 0.0625. The Morgan fingerprint density at radius 2 is 1.84 bits per heavy atom. The van der Waals surface area contributed by atoms with Gasteiger partial charge in [-0.2, -0.15) is 17.4 Å². The Hall–Kier alpha value is -0.660. The summed E-state index contributed by atoms with van der Waals surface area (Å²) in [6.07, 6.45) is 5.11. The van der Waals surface area contributed by atoms with Crippen LogP contribution in [0.15, 0.2) is 0 Å². The molecular formula is C12H25N3O3S. The lowest BCUT2D eigenvalue weighted by atomic mass is 9.96. The number of nitrogens with zero attached hydrogens (tertiary/aromatic N) is 1. The van der Waals surface area contributed by atoms with Gasteiger partial charge in [0.1, 0.15) is 0 Å². The van der Waals surface area contributed by atoms with Crippen LogP contribution in [0.2, 0.25) is 0 Å². The van der Waals surface area contributed by atoms with E-state index in [0.717, 1.165) is 25.7 Å². The summed E-state index contributed by atoms with van der Waals surface area (Å²) in [5.41, 5.74) is 0. The topological polar surface area (TPSA) is 78.5 Å². The maximum absolute atomic E-state index is 12.1. The van der Waals surface area contributed by atoms with E-state index in [1.807, 2.05) is 13.8 Å². The van der Waals surface area contributed by atoms with Crippen molar-refractivity contribution >= 4 is 16.1 Å². The van der Waals surface area contributed by atoms with E-state index in [0.29, 0.717) is 0 Å². The molecule has 0 heterocycles. The average Bonchev–Trinajstić information content (AvgIpc) is 2.36. The number of hydrogen-bond donors (Lipinski definition) is 2. The molecule has 6 nitrogen and oxygen atoms in total. The van der Waals surface area contributed by atoms with E-state index in [1.54, 1.807) is 7.05 Å². The lowest BCUT2D eigenvalue weighted by molar-refractivity contribution is -0.120. The molecule has 1 aliphatic carbocycles. The summed E-state index contributed by atoms with van der Waals surface area (Å²) in [5, 5.41) is 2.65. The predicted octanol–water partition coefficient (Wildman–Crippen LogP) is 0.610. The number of amides is 1. The molecule has 1 saturated carbocycles. The van der Waals surface area contributed by atoms with Crippen molar-refractivity contribution in [1.82, 2.24) is 14.3 Å². The molecule has 112 valence electrons. The van der Waals surface area contributed by atoms with Crippen LogP contribution in [0, 0.1) is 0 Å². The zero-order chi connectivity index (χ0) is 14.5. The van der Waals surface area contributed by atoms with Crippen LogP contribution in [0.25, 0.3) is 0 Å². The van der Waals surface area contributed by atoms with Crippen LogP contribution in [0.1, 0.15) is 46.0 Å². The fourth-order valence-electron chi connectivity index (χ4n) is 2.27. The van der Waals surface area contributed by atoms with Gasteiger partial charge in [0.25, 0.3) is 10.2 Å². The molecule has 7 heteroatoms. The fraction of sp³-hybridized carbons (Fsp3) is 0.917. The average molecular weight is 291 g/mol. The highest BCUT2D eigenvalue weighted by atomic mass is 32.2. The minimum absolute atomic E-state index is 0.00748. The Morgan fingerprint density at radius 3 is 2.37 bits per heavy atom. The number of hydrogen-bond acceptors (Lipinski definition) is 3. The highest BCUT2D eigenvalue weighted by molar-refractivity contribution is 7.87. The van der Waals surface area contributed by atoms with Crippen molar-refractivity contribution in [2.45, 2.75) is 58.0 Å². The second kappa shape index (κ2) is 7.21. The molecule has 1 aliphatic rings. The van der Waals surface area contributed by atoms with Gasteiger partial charge < -0.3 is 5.32 Å². The lowest BCUT2D eigenvalue weighted by Gasteiger charge is -2.30. The normalized spacial score (nSPS) is 17.9. The van der Waals surface area contributed by atoms with Gasteiger partial charge in [0.15, 0.2) is 0 Å². The quantitative estimate of drug-likeness (QED) is 0.752. The van der Waals surface area contributed by atoms with E-state index in [9.17, 15) is 13.2 Å². The molecule has 2 N–H and O–H groups in total. The van der Waals surface area contributed by atoms with Crippen molar-refractivity contribution < 1.29 is 13.2 Å². The Bertz CT molecular complexity index is 389. The minimum atomic E-state index is -3.57. The van der Waals surface area contributed by atoms with E-state index >= 15 is 0 Å². The van der Waals surface area contributed by atoms with Crippen molar-refractivity contribution in [3.8, 4) is 0 Å². The van der Waals surface area contributed by atoms with Gasteiger partial charge in [-0.1, -0.05) is 19.3 Å². The molecule has 0 atom stereocenters. The van der Waals surface area contributed by atoms with E-state index < -0.39 is 10.2 Å². The first kappa shape index (κ1) is 16.4. The van der Waals surface area contributed by atoms with E-state index in [2.05, 4.69) is 10.0 Å². The lowest BCUT2D eigenvalue weighted by Crippen LogP contribution is -2.48. The molecule has 0 aromatic heterocycles. The number of carbonyl (C=O) groups excluding carboxylic acids is 1. The summed E-state index contributed by atoms with van der Waals surface area (Å²) in [5.74, 6) is -0.310. The Kier molecular flexibility index (Phi) is 6.22. The fourth-order valence-corrected chi connectivity index (χ4v) is 3.39. The summed E-state index contributed by atoms with van der Waals surface area (Å²) in [4.78, 5) is 11.4. The molecule has 0 saturated heterocycles. The summed E-state index contributed by atoms with van der Waals surface area (Å²) < 4.78 is 27.8. The van der Waals surface area contributed by atoms with Gasteiger partial charge in [-0.15, -0.1) is 0 Å². The predicted molar refractivity (Wildman–Crippen MR) is 74.8 cm³/mol. The second-order valence-corrected chi connectivity index (χ2v) is 7.17. The SMILES string of the molecule is CC(C)NC(=O)CNS(=O)(=O)N(C)C1CCCCC1. The first-order valence-electron chi connectivity index (χ1n) is 6.85. The highest BCUT2D eigenvalue weighted by Crippen LogP contribution is 2.22. The number of nitrogens with one attached hydrogen (secondary N) is 2. The third-order valence-corrected chi connectivity index (χ3v) is 4.90. The van der Waals surface area contributed by atoms with Crippen molar-refractivity contribution in [1.29, 1.82) is 0 Å². The second-order valence-electron chi connectivity index (χ2n) is 5.36. The third-order valence-electron chi connectivity index (χ3n) is 3.33.